The first-order chi connectivity index (χ1) is 12.6. The molecule has 0 aliphatic carbocycles. The fourth-order valence-electron chi connectivity index (χ4n) is 3.09. The molecular formula is C18H17N7O. The average molecular weight is 347 g/mol. The molecule has 1 unspecified atom stereocenters. The number of hydrogen-bond acceptors (Lipinski definition) is 7. The highest BCUT2D eigenvalue weighted by molar-refractivity contribution is 5.76. The van der Waals surface area contributed by atoms with E-state index < -0.39 is 5.41 Å². The summed E-state index contributed by atoms with van der Waals surface area (Å²) in [6.45, 7) is 2.56. The standard InChI is InChI=1S/C18H17N7O/c1-18(10-26)9-21-16-12(8-19)6-11(7-13(16)18)14-2-4-20-17(23-14)24-15-3-5-22-25-15/h2-7,21,26H,9-10H2,1H3,(H2,20,22,23,24,25). The Morgan fingerprint density at radius 2 is 2.27 bits per heavy atom. The molecule has 0 spiro atoms. The highest BCUT2D eigenvalue weighted by atomic mass is 16.3. The van der Waals surface area contributed by atoms with Gasteiger partial charge >= 0.3 is 0 Å². The molecule has 26 heavy (non-hydrogen) atoms. The van der Waals surface area contributed by atoms with Crippen LogP contribution in [-0.2, 0) is 5.41 Å². The lowest BCUT2D eigenvalue weighted by molar-refractivity contribution is 0.219. The Labute approximate surface area is 149 Å². The molecule has 4 N–H and O–H groups in total. The van der Waals surface area contributed by atoms with Crippen molar-refractivity contribution in [3.05, 3.63) is 47.8 Å². The first-order valence-corrected chi connectivity index (χ1v) is 8.16. The normalized spacial score (nSPS) is 18.0. The predicted molar refractivity (Wildman–Crippen MR) is 97.0 cm³/mol. The molecule has 130 valence electrons. The van der Waals surface area contributed by atoms with Crippen LogP contribution >= 0.6 is 0 Å². The molecule has 4 rings (SSSR count). The Kier molecular flexibility index (Phi) is 3.78. The van der Waals surface area contributed by atoms with E-state index in [1.807, 2.05) is 13.0 Å². The maximum Gasteiger partial charge on any atom is 0.228 e. The van der Waals surface area contributed by atoms with Crippen molar-refractivity contribution in [1.29, 1.82) is 5.26 Å². The van der Waals surface area contributed by atoms with E-state index in [0.717, 1.165) is 16.8 Å². The lowest BCUT2D eigenvalue weighted by atomic mass is 9.83. The number of nitrogens with one attached hydrogen (secondary N) is 3. The van der Waals surface area contributed by atoms with Gasteiger partial charge in [-0.3, -0.25) is 5.10 Å². The molecule has 0 bridgehead atoms. The maximum atomic E-state index is 9.82. The second kappa shape index (κ2) is 6.13. The minimum Gasteiger partial charge on any atom is -0.395 e. The van der Waals surface area contributed by atoms with Crippen molar-refractivity contribution in [2.24, 2.45) is 0 Å². The van der Waals surface area contributed by atoms with Gasteiger partial charge in [-0.1, -0.05) is 6.92 Å². The number of H-pyrrole nitrogens is 1. The Balaban J connectivity index is 1.77. The first-order valence-electron chi connectivity index (χ1n) is 8.16. The molecular weight excluding hydrogens is 330 g/mol. The van der Waals surface area contributed by atoms with Gasteiger partial charge in [0.15, 0.2) is 5.82 Å². The minimum atomic E-state index is -0.430. The zero-order valence-electron chi connectivity index (χ0n) is 14.1. The number of nitrogens with zero attached hydrogens (tertiary/aromatic N) is 4. The fraction of sp³-hybridized carbons (Fsp3) is 0.222. The van der Waals surface area contributed by atoms with Gasteiger partial charge in [0.1, 0.15) is 6.07 Å². The van der Waals surface area contributed by atoms with Crippen LogP contribution < -0.4 is 10.6 Å². The monoisotopic (exact) mass is 347 g/mol. The lowest BCUT2D eigenvalue weighted by Gasteiger charge is -2.21. The molecule has 8 nitrogen and oxygen atoms in total. The maximum absolute atomic E-state index is 9.82. The van der Waals surface area contributed by atoms with Crippen molar-refractivity contribution in [3.63, 3.8) is 0 Å². The number of aliphatic hydroxyl groups is 1. The molecule has 3 heterocycles. The van der Waals surface area contributed by atoms with Crippen LogP contribution in [0.5, 0.6) is 0 Å². The van der Waals surface area contributed by atoms with Crippen molar-refractivity contribution >= 4 is 17.5 Å². The molecule has 1 aromatic carbocycles. The molecule has 1 atom stereocenters. The Bertz CT molecular complexity index is 993. The number of aromatic nitrogens is 4. The third-order valence-electron chi connectivity index (χ3n) is 4.61. The molecule has 0 saturated carbocycles. The second-order valence-electron chi connectivity index (χ2n) is 6.48. The Morgan fingerprint density at radius 3 is 3.00 bits per heavy atom. The van der Waals surface area contributed by atoms with Gasteiger partial charge in [-0.2, -0.15) is 10.4 Å². The van der Waals surface area contributed by atoms with Gasteiger partial charge < -0.3 is 15.7 Å². The number of aliphatic hydroxyl groups excluding tert-OH is 1. The molecule has 0 saturated heterocycles. The number of nitriles is 1. The van der Waals surface area contributed by atoms with Crippen LogP contribution in [0.3, 0.4) is 0 Å². The van der Waals surface area contributed by atoms with Crippen molar-refractivity contribution < 1.29 is 5.11 Å². The zero-order valence-corrected chi connectivity index (χ0v) is 14.1. The number of rotatable bonds is 4. The fourth-order valence-corrected chi connectivity index (χ4v) is 3.09. The zero-order chi connectivity index (χ0) is 18.1. The third-order valence-corrected chi connectivity index (χ3v) is 4.61. The van der Waals surface area contributed by atoms with E-state index in [1.54, 1.807) is 30.6 Å². The van der Waals surface area contributed by atoms with Crippen molar-refractivity contribution in [3.8, 4) is 17.3 Å². The summed E-state index contributed by atoms with van der Waals surface area (Å²) in [4.78, 5) is 8.73. The highest BCUT2D eigenvalue weighted by Gasteiger charge is 2.35. The summed E-state index contributed by atoms with van der Waals surface area (Å²) >= 11 is 0. The topological polar surface area (TPSA) is 123 Å². The predicted octanol–water partition coefficient (Wildman–Crippen LogP) is 2.16. The van der Waals surface area contributed by atoms with E-state index in [4.69, 9.17) is 0 Å². The summed E-state index contributed by atoms with van der Waals surface area (Å²) in [5.41, 5.74) is 3.31. The van der Waals surface area contributed by atoms with Crippen molar-refractivity contribution in [2.75, 3.05) is 23.8 Å². The van der Waals surface area contributed by atoms with Gasteiger partial charge in [-0.25, -0.2) is 9.97 Å². The molecule has 3 aromatic rings. The molecule has 2 aromatic heterocycles. The summed E-state index contributed by atoms with van der Waals surface area (Å²) in [5, 5.41) is 32.4. The van der Waals surface area contributed by atoms with E-state index in [1.165, 1.54) is 0 Å². The van der Waals surface area contributed by atoms with Crippen molar-refractivity contribution in [1.82, 2.24) is 20.2 Å². The molecule has 0 radical (unpaired) electrons. The molecule has 0 fully saturated rings. The summed E-state index contributed by atoms with van der Waals surface area (Å²) in [7, 11) is 0. The van der Waals surface area contributed by atoms with Gasteiger partial charge in [0.25, 0.3) is 0 Å². The molecule has 0 amide bonds. The van der Waals surface area contributed by atoms with E-state index in [9.17, 15) is 10.4 Å². The number of aromatic amines is 1. The Morgan fingerprint density at radius 1 is 1.38 bits per heavy atom. The van der Waals surface area contributed by atoms with E-state index in [-0.39, 0.29) is 6.61 Å². The molecule has 1 aliphatic rings. The van der Waals surface area contributed by atoms with E-state index in [0.29, 0.717) is 29.6 Å². The van der Waals surface area contributed by atoms with Gasteiger partial charge in [-0.15, -0.1) is 0 Å². The Hall–Kier alpha value is -3.44. The van der Waals surface area contributed by atoms with Crippen LogP contribution in [0.2, 0.25) is 0 Å². The summed E-state index contributed by atoms with van der Waals surface area (Å²) in [5.74, 6) is 1.03. The quantitative estimate of drug-likeness (QED) is 0.570. The van der Waals surface area contributed by atoms with Crippen LogP contribution in [0, 0.1) is 11.3 Å². The molecule has 8 heteroatoms. The van der Waals surface area contributed by atoms with Crippen LogP contribution in [0.4, 0.5) is 17.5 Å². The molecule has 1 aliphatic heterocycles. The second-order valence-corrected chi connectivity index (χ2v) is 6.48. The van der Waals surface area contributed by atoms with E-state index >= 15 is 0 Å². The largest absolute Gasteiger partial charge is 0.395 e. The number of hydrogen-bond donors (Lipinski definition) is 4. The van der Waals surface area contributed by atoms with Gasteiger partial charge in [0.05, 0.1) is 23.6 Å². The average Bonchev–Trinajstić information content (AvgIpc) is 3.30. The highest BCUT2D eigenvalue weighted by Crippen LogP contribution is 2.41. The summed E-state index contributed by atoms with van der Waals surface area (Å²) in [6.07, 6.45) is 3.36. The number of benzene rings is 1. The SMILES string of the molecule is CC1(CO)CNc2c(C#N)cc(-c3ccnc(Nc4cc[nH]n4)n3)cc21. The lowest BCUT2D eigenvalue weighted by Crippen LogP contribution is -2.28. The summed E-state index contributed by atoms with van der Waals surface area (Å²) in [6, 6.07) is 9.58. The first kappa shape index (κ1) is 16.1. The summed E-state index contributed by atoms with van der Waals surface area (Å²) < 4.78 is 0. The van der Waals surface area contributed by atoms with Crippen LogP contribution in [-0.4, -0.2) is 38.4 Å². The van der Waals surface area contributed by atoms with Crippen LogP contribution in [0.15, 0.2) is 36.7 Å². The van der Waals surface area contributed by atoms with Gasteiger partial charge in [0.2, 0.25) is 5.95 Å². The number of anilines is 3. The van der Waals surface area contributed by atoms with Gasteiger partial charge in [0, 0.05) is 36.0 Å². The smallest absolute Gasteiger partial charge is 0.228 e. The third kappa shape index (κ3) is 2.64. The van der Waals surface area contributed by atoms with Crippen LogP contribution in [0.1, 0.15) is 18.1 Å². The van der Waals surface area contributed by atoms with Gasteiger partial charge in [-0.05, 0) is 23.8 Å². The minimum absolute atomic E-state index is 0.00292. The number of fused-ring (bicyclic) bond motifs is 1. The van der Waals surface area contributed by atoms with Crippen molar-refractivity contribution in [2.45, 2.75) is 12.3 Å². The van der Waals surface area contributed by atoms with Crippen LogP contribution in [0.25, 0.3) is 11.3 Å². The van der Waals surface area contributed by atoms with E-state index in [2.05, 4.69) is 36.9 Å².